The fraction of sp³-hybridized carbons (Fsp3) is 0.150. The summed E-state index contributed by atoms with van der Waals surface area (Å²) in [5.41, 5.74) is 3.87. The van der Waals surface area contributed by atoms with Gasteiger partial charge in [0.05, 0.1) is 0 Å². The van der Waals surface area contributed by atoms with Crippen LogP contribution in [-0.4, -0.2) is 22.9 Å². The molecule has 0 saturated carbocycles. The minimum Gasteiger partial charge on any atom is -0.454 e. The Hall–Kier alpha value is -3.61. The summed E-state index contributed by atoms with van der Waals surface area (Å²) >= 11 is 0. The number of aryl methyl sites for hydroxylation is 2. The molecule has 1 aliphatic heterocycles. The van der Waals surface area contributed by atoms with Crippen LogP contribution in [-0.2, 0) is 0 Å². The second kappa shape index (κ2) is 6.95. The average Bonchev–Trinajstić information content (AvgIpc) is 3.13. The lowest BCUT2D eigenvalue weighted by molar-refractivity contribution is 0.102. The SMILES string of the molecule is Cc1ccc(C)c(NC(=O)c2ccc(Nc3ccc4c(c3)OCO4)nn2)c1. The first-order chi connectivity index (χ1) is 13.1. The number of hydrogen-bond donors (Lipinski definition) is 2. The van der Waals surface area contributed by atoms with Crippen molar-refractivity contribution in [1.29, 1.82) is 0 Å². The van der Waals surface area contributed by atoms with Crippen molar-refractivity contribution in [1.82, 2.24) is 10.2 Å². The van der Waals surface area contributed by atoms with Crippen LogP contribution in [0.3, 0.4) is 0 Å². The van der Waals surface area contributed by atoms with Crippen LogP contribution >= 0.6 is 0 Å². The first-order valence-electron chi connectivity index (χ1n) is 8.47. The summed E-state index contributed by atoms with van der Waals surface area (Å²) in [6, 6.07) is 14.7. The molecule has 0 saturated heterocycles. The molecule has 0 aliphatic carbocycles. The van der Waals surface area contributed by atoms with Crippen molar-refractivity contribution in [2.45, 2.75) is 13.8 Å². The standard InChI is InChI=1S/C20H18N4O3/c1-12-3-4-13(2)16(9-12)22-20(25)15-6-8-19(24-23-15)21-14-5-7-17-18(10-14)27-11-26-17/h3-10H,11H2,1-2H3,(H,21,24)(H,22,25). The van der Waals surface area contributed by atoms with E-state index < -0.39 is 0 Å². The molecule has 7 nitrogen and oxygen atoms in total. The van der Waals surface area contributed by atoms with Crippen molar-refractivity contribution in [3.05, 3.63) is 65.4 Å². The molecule has 1 aliphatic rings. The molecule has 0 bridgehead atoms. The molecule has 136 valence electrons. The van der Waals surface area contributed by atoms with E-state index in [1.807, 2.05) is 50.2 Å². The Morgan fingerprint density at radius 3 is 2.63 bits per heavy atom. The molecular weight excluding hydrogens is 344 g/mol. The van der Waals surface area contributed by atoms with Gasteiger partial charge in [0.25, 0.3) is 5.91 Å². The lowest BCUT2D eigenvalue weighted by atomic mass is 10.1. The van der Waals surface area contributed by atoms with Gasteiger partial charge in [-0.05, 0) is 55.3 Å². The van der Waals surface area contributed by atoms with Gasteiger partial charge in [-0.3, -0.25) is 4.79 Å². The highest BCUT2D eigenvalue weighted by atomic mass is 16.7. The van der Waals surface area contributed by atoms with E-state index in [1.54, 1.807) is 12.1 Å². The van der Waals surface area contributed by atoms with Crippen molar-refractivity contribution in [2.24, 2.45) is 0 Å². The maximum atomic E-state index is 12.4. The van der Waals surface area contributed by atoms with Crippen molar-refractivity contribution < 1.29 is 14.3 Å². The molecule has 0 unspecified atom stereocenters. The third kappa shape index (κ3) is 3.67. The van der Waals surface area contributed by atoms with Gasteiger partial charge < -0.3 is 20.1 Å². The van der Waals surface area contributed by atoms with Gasteiger partial charge in [0, 0.05) is 17.4 Å². The lowest BCUT2D eigenvalue weighted by Crippen LogP contribution is -2.15. The van der Waals surface area contributed by atoms with Crippen LogP contribution < -0.4 is 20.1 Å². The summed E-state index contributed by atoms with van der Waals surface area (Å²) in [5, 5.41) is 14.1. The Balaban J connectivity index is 1.45. The van der Waals surface area contributed by atoms with E-state index in [1.165, 1.54) is 0 Å². The topological polar surface area (TPSA) is 85.4 Å². The number of carbonyl (C=O) groups is 1. The summed E-state index contributed by atoms with van der Waals surface area (Å²) < 4.78 is 10.6. The normalized spacial score (nSPS) is 11.9. The fourth-order valence-corrected chi connectivity index (χ4v) is 2.70. The molecule has 1 aromatic heterocycles. The van der Waals surface area contributed by atoms with E-state index in [2.05, 4.69) is 20.8 Å². The summed E-state index contributed by atoms with van der Waals surface area (Å²) in [4.78, 5) is 12.4. The number of benzene rings is 2. The number of hydrogen-bond acceptors (Lipinski definition) is 6. The molecule has 2 aromatic carbocycles. The van der Waals surface area contributed by atoms with Crippen LogP contribution in [0.1, 0.15) is 21.6 Å². The number of nitrogens with one attached hydrogen (secondary N) is 2. The number of fused-ring (bicyclic) bond motifs is 1. The first-order valence-corrected chi connectivity index (χ1v) is 8.47. The van der Waals surface area contributed by atoms with Crippen molar-refractivity contribution in [2.75, 3.05) is 17.4 Å². The molecule has 1 amide bonds. The van der Waals surface area contributed by atoms with Gasteiger partial charge in [-0.2, -0.15) is 0 Å². The monoisotopic (exact) mass is 362 g/mol. The Morgan fingerprint density at radius 2 is 1.81 bits per heavy atom. The molecule has 0 atom stereocenters. The van der Waals surface area contributed by atoms with Crippen LogP contribution in [0.25, 0.3) is 0 Å². The largest absolute Gasteiger partial charge is 0.454 e. The van der Waals surface area contributed by atoms with Gasteiger partial charge in [0.15, 0.2) is 23.0 Å². The predicted octanol–water partition coefficient (Wildman–Crippen LogP) is 3.82. The third-order valence-electron chi connectivity index (χ3n) is 4.18. The number of nitrogens with zero attached hydrogens (tertiary/aromatic N) is 2. The van der Waals surface area contributed by atoms with E-state index in [0.29, 0.717) is 17.3 Å². The molecule has 4 rings (SSSR count). The zero-order chi connectivity index (χ0) is 18.8. The van der Waals surface area contributed by atoms with E-state index in [9.17, 15) is 4.79 Å². The molecule has 0 radical (unpaired) electrons. The number of amides is 1. The highest BCUT2D eigenvalue weighted by Crippen LogP contribution is 2.34. The van der Waals surface area contributed by atoms with E-state index in [0.717, 1.165) is 22.5 Å². The van der Waals surface area contributed by atoms with Gasteiger partial charge in [0.1, 0.15) is 0 Å². The Kier molecular flexibility index (Phi) is 4.33. The van der Waals surface area contributed by atoms with Gasteiger partial charge in [-0.25, -0.2) is 0 Å². The number of carbonyl (C=O) groups excluding carboxylic acids is 1. The minimum atomic E-state index is -0.300. The van der Waals surface area contributed by atoms with E-state index >= 15 is 0 Å². The third-order valence-corrected chi connectivity index (χ3v) is 4.18. The minimum absolute atomic E-state index is 0.225. The van der Waals surface area contributed by atoms with Gasteiger partial charge in [-0.1, -0.05) is 12.1 Å². The highest BCUT2D eigenvalue weighted by Gasteiger charge is 2.14. The van der Waals surface area contributed by atoms with Gasteiger partial charge >= 0.3 is 0 Å². The molecule has 0 fully saturated rings. The Labute approximate surface area is 156 Å². The molecule has 2 heterocycles. The predicted molar refractivity (Wildman–Crippen MR) is 102 cm³/mol. The second-order valence-electron chi connectivity index (χ2n) is 6.27. The van der Waals surface area contributed by atoms with Gasteiger partial charge in [-0.15, -0.1) is 10.2 Å². The average molecular weight is 362 g/mol. The summed E-state index contributed by atoms with van der Waals surface area (Å²) in [6.07, 6.45) is 0. The van der Waals surface area contributed by atoms with Crippen LogP contribution in [0.2, 0.25) is 0 Å². The number of rotatable bonds is 4. The molecule has 7 heteroatoms. The Morgan fingerprint density at radius 1 is 0.963 bits per heavy atom. The quantitative estimate of drug-likeness (QED) is 0.734. The zero-order valence-electron chi connectivity index (χ0n) is 14.9. The van der Waals surface area contributed by atoms with Crippen molar-refractivity contribution in [3.8, 4) is 11.5 Å². The van der Waals surface area contributed by atoms with Crippen molar-refractivity contribution in [3.63, 3.8) is 0 Å². The van der Waals surface area contributed by atoms with E-state index in [-0.39, 0.29) is 18.4 Å². The second-order valence-corrected chi connectivity index (χ2v) is 6.27. The fourth-order valence-electron chi connectivity index (χ4n) is 2.70. The molecule has 3 aromatic rings. The zero-order valence-corrected chi connectivity index (χ0v) is 14.9. The van der Waals surface area contributed by atoms with Crippen LogP contribution in [0.4, 0.5) is 17.2 Å². The first kappa shape index (κ1) is 16.8. The molecular formula is C20H18N4O3. The Bertz CT molecular complexity index is 1000. The van der Waals surface area contributed by atoms with Gasteiger partial charge in [0.2, 0.25) is 6.79 Å². The molecule has 2 N–H and O–H groups in total. The summed E-state index contributed by atoms with van der Waals surface area (Å²) in [7, 11) is 0. The van der Waals surface area contributed by atoms with Crippen LogP contribution in [0, 0.1) is 13.8 Å². The van der Waals surface area contributed by atoms with Crippen molar-refractivity contribution >= 4 is 23.1 Å². The lowest BCUT2D eigenvalue weighted by Gasteiger charge is -2.09. The number of anilines is 3. The maximum Gasteiger partial charge on any atom is 0.276 e. The number of ether oxygens (including phenoxy) is 2. The smallest absolute Gasteiger partial charge is 0.276 e. The van der Waals surface area contributed by atoms with E-state index in [4.69, 9.17) is 9.47 Å². The molecule has 0 spiro atoms. The van der Waals surface area contributed by atoms with Crippen LogP contribution in [0.5, 0.6) is 11.5 Å². The highest BCUT2D eigenvalue weighted by molar-refractivity contribution is 6.03. The summed E-state index contributed by atoms with van der Waals surface area (Å²) in [5.74, 6) is 1.62. The number of aromatic nitrogens is 2. The van der Waals surface area contributed by atoms with Crippen LogP contribution in [0.15, 0.2) is 48.5 Å². The maximum absolute atomic E-state index is 12.4. The summed E-state index contributed by atoms with van der Waals surface area (Å²) in [6.45, 7) is 4.15. The molecule has 27 heavy (non-hydrogen) atoms.